The lowest BCUT2D eigenvalue weighted by Gasteiger charge is -2.34. The first-order chi connectivity index (χ1) is 12.0. The Balaban J connectivity index is 1.52. The number of anilines is 1. The average Bonchev–Trinajstić information content (AvgIpc) is 2.55. The molecule has 3 rings (SSSR count). The molecular weight excluding hydrogens is 323 g/mol. The number of rotatable bonds is 5. The minimum absolute atomic E-state index is 0.194. The van der Waals surface area contributed by atoms with E-state index in [1.165, 1.54) is 12.1 Å². The molecule has 0 aliphatic heterocycles. The topological polar surface area (TPSA) is 61.8 Å². The molecule has 5 nitrogen and oxygen atoms in total. The normalized spacial score (nSPS) is 19.0. The third-order valence-corrected chi connectivity index (χ3v) is 4.23. The molecule has 2 aromatic carbocycles. The minimum atomic E-state index is -0.358. The van der Waals surface area contributed by atoms with Crippen molar-refractivity contribution in [2.45, 2.75) is 18.9 Å². The lowest BCUT2D eigenvalue weighted by molar-refractivity contribution is 0.0332. The SMILES string of the molecule is CN(CC1CC(O)C1)C(=O)Nc1ccc(Oc2cccc(F)c2)cc1. The number of aliphatic hydroxyl groups excluding tert-OH is 1. The molecule has 1 aliphatic carbocycles. The molecule has 0 unspecified atom stereocenters. The van der Waals surface area contributed by atoms with Crippen LogP contribution >= 0.6 is 0 Å². The number of carbonyl (C=O) groups excluding carboxylic acids is 1. The van der Waals surface area contributed by atoms with Gasteiger partial charge < -0.3 is 20.1 Å². The average molecular weight is 344 g/mol. The maximum absolute atomic E-state index is 13.1. The standard InChI is InChI=1S/C19H21FN2O3/c1-22(12-13-9-16(23)10-13)19(24)21-15-5-7-17(8-6-15)25-18-4-2-3-14(20)11-18/h2-8,11,13,16,23H,9-10,12H2,1H3,(H,21,24). The zero-order valence-corrected chi connectivity index (χ0v) is 14.0. The lowest BCUT2D eigenvalue weighted by Crippen LogP contribution is -2.41. The monoisotopic (exact) mass is 344 g/mol. The van der Waals surface area contributed by atoms with Crippen molar-refractivity contribution >= 4 is 11.7 Å². The Bertz CT molecular complexity index is 730. The van der Waals surface area contributed by atoms with E-state index in [9.17, 15) is 14.3 Å². The first kappa shape index (κ1) is 17.2. The maximum atomic E-state index is 13.1. The van der Waals surface area contributed by atoms with Crippen LogP contribution < -0.4 is 10.1 Å². The van der Waals surface area contributed by atoms with E-state index in [1.54, 1.807) is 48.3 Å². The molecule has 0 radical (unpaired) electrons. The number of ether oxygens (including phenoxy) is 1. The van der Waals surface area contributed by atoms with Gasteiger partial charge in [0.05, 0.1) is 6.10 Å². The number of carbonyl (C=O) groups is 1. The summed E-state index contributed by atoms with van der Waals surface area (Å²) in [7, 11) is 1.74. The molecular formula is C19H21FN2O3. The van der Waals surface area contributed by atoms with Crippen LogP contribution in [0.3, 0.4) is 0 Å². The van der Waals surface area contributed by atoms with Gasteiger partial charge in [0.1, 0.15) is 17.3 Å². The third kappa shape index (κ3) is 4.70. The van der Waals surface area contributed by atoms with E-state index >= 15 is 0 Å². The molecule has 0 heterocycles. The molecule has 0 aromatic heterocycles. The van der Waals surface area contributed by atoms with E-state index in [0.717, 1.165) is 12.8 Å². The largest absolute Gasteiger partial charge is 0.457 e. The lowest BCUT2D eigenvalue weighted by atomic mass is 9.82. The molecule has 1 aliphatic rings. The van der Waals surface area contributed by atoms with Crippen molar-refractivity contribution < 1.29 is 19.0 Å². The van der Waals surface area contributed by atoms with Crippen molar-refractivity contribution in [1.82, 2.24) is 4.90 Å². The molecule has 0 spiro atoms. The summed E-state index contributed by atoms with van der Waals surface area (Å²) < 4.78 is 18.7. The summed E-state index contributed by atoms with van der Waals surface area (Å²) in [6.07, 6.45) is 1.29. The van der Waals surface area contributed by atoms with Crippen LogP contribution in [0.2, 0.25) is 0 Å². The Hall–Kier alpha value is -2.60. The Morgan fingerprint density at radius 2 is 1.96 bits per heavy atom. The Kier molecular flexibility index (Phi) is 5.19. The second-order valence-corrected chi connectivity index (χ2v) is 6.39. The fraction of sp³-hybridized carbons (Fsp3) is 0.316. The van der Waals surface area contributed by atoms with Crippen LogP contribution in [0.5, 0.6) is 11.5 Å². The van der Waals surface area contributed by atoms with Gasteiger partial charge in [0.25, 0.3) is 0 Å². The summed E-state index contributed by atoms with van der Waals surface area (Å²) in [4.78, 5) is 13.8. The Labute approximate surface area is 146 Å². The summed E-state index contributed by atoms with van der Waals surface area (Å²) >= 11 is 0. The highest BCUT2D eigenvalue weighted by Gasteiger charge is 2.29. The molecule has 1 fully saturated rings. The van der Waals surface area contributed by atoms with E-state index in [4.69, 9.17) is 4.74 Å². The van der Waals surface area contributed by atoms with Gasteiger partial charge in [-0.15, -0.1) is 0 Å². The highest BCUT2D eigenvalue weighted by atomic mass is 19.1. The van der Waals surface area contributed by atoms with Gasteiger partial charge in [-0.1, -0.05) is 6.07 Å². The second-order valence-electron chi connectivity index (χ2n) is 6.39. The quantitative estimate of drug-likeness (QED) is 0.866. The molecule has 0 bridgehead atoms. The van der Waals surface area contributed by atoms with Crippen molar-refractivity contribution in [1.29, 1.82) is 0 Å². The van der Waals surface area contributed by atoms with Crippen molar-refractivity contribution in [2.24, 2.45) is 5.92 Å². The first-order valence-electron chi connectivity index (χ1n) is 8.23. The number of halogens is 1. The highest BCUT2D eigenvalue weighted by Crippen LogP contribution is 2.28. The van der Waals surface area contributed by atoms with Gasteiger partial charge in [0.15, 0.2) is 0 Å². The van der Waals surface area contributed by atoms with Crippen LogP contribution in [0.15, 0.2) is 48.5 Å². The number of amides is 2. The molecule has 25 heavy (non-hydrogen) atoms. The number of urea groups is 1. The van der Waals surface area contributed by atoms with Gasteiger partial charge in [-0.05, 0) is 55.2 Å². The van der Waals surface area contributed by atoms with Gasteiger partial charge in [0.2, 0.25) is 0 Å². The smallest absolute Gasteiger partial charge is 0.321 e. The maximum Gasteiger partial charge on any atom is 0.321 e. The van der Waals surface area contributed by atoms with Gasteiger partial charge in [-0.3, -0.25) is 0 Å². The Morgan fingerprint density at radius 1 is 1.24 bits per heavy atom. The molecule has 132 valence electrons. The number of nitrogens with zero attached hydrogens (tertiary/aromatic N) is 1. The summed E-state index contributed by atoms with van der Waals surface area (Å²) in [6, 6.07) is 12.6. The number of hydrogen-bond donors (Lipinski definition) is 2. The minimum Gasteiger partial charge on any atom is -0.457 e. The van der Waals surface area contributed by atoms with Gasteiger partial charge >= 0.3 is 6.03 Å². The highest BCUT2D eigenvalue weighted by molar-refractivity contribution is 5.89. The van der Waals surface area contributed by atoms with Gasteiger partial charge in [-0.2, -0.15) is 0 Å². The van der Waals surface area contributed by atoms with Crippen molar-refractivity contribution in [3.05, 3.63) is 54.3 Å². The molecule has 6 heteroatoms. The van der Waals surface area contributed by atoms with Crippen molar-refractivity contribution in [3.8, 4) is 11.5 Å². The number of benzene rings is 2. The zero-order chi connectivity index (χ0) is 17.8. The number of aliphatic hydroxyl groups is 1. The summed E-state index contributed by atoms with van der Waals surface area (Å²) in [5.74, 6) is 0.982. The first-order valence-corrected chi connectivity index (χ1v) is 8.23. The van der Waals surface area contributed by atoms with E-state index in [-0.39, 0.29) is 18.0 Å². The van der Waals surface area contributed by atoms with Gasteiger partial charge in [0, 0.05) is 25.3 Å². The van der Waals surface area contributed by atoms with E-state index in [2.05, 4.69) is 5.32 Å². The van der Waals surface area contributed by atoms with E-state index in [1.807, 2.05) is 0 Å². The fourth-order valence-electron chi connectivity index (χ4n) is 2.81. The van der Waals surface area contributed by atoms with Crippen molar-refractivity contribution in [2.75, 3.05) is 18.9 Å². The van der Waals surface area contributed by atoms with Crippen LogP contribution in [0.1, 0.15) is 12.8 Å². The predicted molar refractivity (Wildman–Crippen MR) is 93.3 cm³/mol. The molecule has 2 amide bonds. The molecule has 2 N–H and O–H groups in total. The molecule has 1 saturated carbocycles. The van der Waals surface area contributed by atoms with Crippen LogP contribution in [0.4, 0.5) is 14.9 Å². The third-order valence-electron chi connectivity index (χ3n) is 4.23. The van der Waals surface area contributed by atoms with Crippen LogP contribution in [-0.2, 0) is 0 Å². The number of nitrogens with one attached hydrogen (secondary N) is 1. The summed E-state index contributed by atoms with van der Waals surface area (Å²) in [5.41, 5.74) is 0.650. The summed E-state index contributed by atoms with van der Waals surface area (Å²) in [5, 5.41) is 12.1. The van der Waals surface area contributed by atoms with Crippen molar-refractivity contribution in [3.63, 3.8) is 0 Å². The predicted octanol–water partition coefficient (Wildman–Crippen LogP) is 3.85. The molecule has 0 saturated heterocycles. The van der Waals surface area contributed by atoms with E-state index in [0.29, 0.717) is 29.6 Å². The van der Waals surface area contributed by atoms with E-state index < -0.39 is 0 Å². The fourth-order valence-corrected chi connectivity index (χ4v) is 2.81. The molecule has 2 aromatic rings. The Morgan fingerprint density at radius 3 is 2.60 bits per heavy atom. The zero-order valence-electron chi connectivity index (χ0n) is 14.0. The molecule has 0 atom stereocenters. The van der Waals surface area contributed by atoms with Crippen LogP contribution in [0, 0.1) is 11.7 Å². The summed E-state index contributed by atoms with van der Waals surface area (Å²) in [6.45, 7) is 0.629. The van der Waals surface area contributed by atoms with Crippen LogP contribution in [0.25, 0.3) is 0 Å². The van der Waals surface area contributed by atoms with Crippen LogP contribution in [-0.4, -0.2) is 35.7 Å². The second kappa shape index (κ2) is 7.53. The number of hydrogen-bond acceptors (Lipinski definition) is 3. The van der Waals surface area contributed by atoms with Gasteiger partial charge in [-0.25, -0.2) is 9.18 Å².